The number of fused-ring (bicyclic) bond motifs is 1. The third-order valence-corrected chi connectivity index (χ3v) is 12.0. The summed E-state index contributed by atoms with van der Waals surface area (Å²) in [6.45, 7) is 10.3. The van der Waals surface area contributed by atoms with Crippen LogP contribution >= 0.6 is 11.8 Å². The lowest BCUT2D eigenvalue weighted by Crippen LogP contribution is -2.63. The van der Waals surface area contributed by atoms with E-state index in [1.807, 2.05) is 39.0 Å². The Hall–Kier alpha value is -3.08. The van der Waals surface area contributed by atoms with Crippen LogP contribution in [0.5, 0.6) is 0 Å². The van der Waals surface area contributed by atoms with Gasteiger partial charge in [0.1, 0.15) is 12.1 Å². The number of benzene rings is 1. The van der Waals surface area contributed by atoms with E-state index in [-0.39, 0.29) is 40.6 Å². The van der Waals surface area contributed by atoms with Gasteiger partial charge in [0.15, 0.2) is 0 Å². The summed E-state index contributed by atoms with van der Waals surface area (Å²) in [5.74, 6) is -1.60. The van der Waals surface area contributed by atoms with Gasteiger partial charge in [-0.1, -0.05) is 84.9 Å². The molecule has 1 aromatic rings. The Bertz CT molecular complexity index is 1330. The molecular formula is C35H51N5O5S. The zero-order valence-corrected chi connectivity index (χ0v) is 28.7. The van der Waals surface area contributed by atoms with E-state index < -0.39 is 41.1 Å². The molecule has 1 heterocycles. The summed E-state index contributed by atoms with van der Waals surface area (Å²) < 4.78 is 0. The van der Waals surface area contributed by atoms with Crippen molar-refractivity contribution in [3.05, 3.63) is 30.3 Å². The van der Waals surface area contributed by atoms with Crippen LogP contribution in [0.1, 0.15) is 86.0 Å². The van der Waals surface area contributed by atoms with Crippen LogP contribution in [0.3, 0.4) is 0 Å². The summed E-state index contributed by atoms with van der Waals surface area (Å²) in [5, 5.41) is 9.12. The topological polar surface area (TPSA) is 151 Å². The number of nitrogens with two attached hydrogens (primary N) is 1. The largest absolute Gasteiger partial charge is 0.363 e. The van der Waals surface area contributed by atoms with E-state index in [9.17, 15) is 24.0 Å². The van der Waals surface area contributed by atoms with Gasteiger partial charge < -0.3 is 26.6 Å². The monoisotopic (exact) mass is 653 g/mol. The normalized spacial score (nSPS) is 25.8. The lowest BCUT2D eigenvalue weighted by molar-refractivity contribution is -0.145. The van der Waals surface area contributed by atoms with Crippen molar-refractivity contribution in [1.29, 1.82) is 0 Å². The highest BCUT2D eigenvalue weighted by atomic mass is 32.2. The summed E-state index contributed by atoms with van der Waals surface area (Å²) in [6.07, 6.45) is 7.17. The fourth-order valence-electron chi connectivity index (χ4n) is 7.66. The molecule has 3 saturated carbocycles. The van der Waals surface area contributed by atoms with Crippen molar-refractivity contribution in [3.8, 4) is 0 Å². The number of amides is 5. The molecule has 11 heteroatoms. The van der Waals surface area contributed by atoms with Gasteiger partial charge in [0.25, 0.3) is 5.91 Å². The Balaban J connectivity index is 1.31. The van der Waals surface area contributed by atoms with Gasteiger partial charge in [-0.25, -0.2) is 4.79 Å². The minimum Gasteiger partial charge on any atom is -0.363 e. The number of hydrogen-bond acceptors (Lipinski definition) is 6. The third-order valence-electron chi connectivity index (χ3n) is 10.7. The number of Topliss-reactive ketones (excluding diaryl/α,β-unsaturated/α-hetero) is 1. The smallest absolute Gasteiger partial charge is 0.315 e. The average molecular weight is 654 g/mol. The number of piperidine rings is 1. The summed E-state index contributed by atoms with van der Waals surface area (Å²) in [7, 11) is 0. The molecule has 0 spiro atoms. The van der Waals surface area contributed by atoms with Crippen LogP contribution in [0.2, 0.25) is 0 Å². The molecule has 46 heavy (non-hydrogen) atoms. The summed E-state index contributed by atoms with van der Waals surface area (Å²) >= 11 is 1.73. The van der Waals surface area contributed by atoms with Gasteiger partial charge >= 0.3 is 6.03 Å². The number of nitrogens with zero attached hydrogens (tertiary/aromatic N) is 1. The Morgan fingerprint density at radius 3 is 2.24 bits per heavy atom. The van der Waals surface area contributed by atoms with Gasteiger partial charge in [0.2, 0.25) is 17.6 Å². The number of urea groups is 1. The minimum absolute atomic E-state index is 0.0864. The second-order valence-corrected chi connectivity index (χ2v) is 16.7. The van der Waals surface area contributed by atoms with Gasteiger partial charge in [-0.15, -0.1) is 11.8 Å². The minimum atomic E-state index is -1.07. The molecule has 252 valence electrons. The molecule has 5 N–H and O–H groups in total. The quantitative estimate of drug-likeness (QED) is 0.198. The van der Waals surface area contributed by atoms with Crippen molar-refractivity contribution in [2.45, 2.75) is 115 Å². The van der Waals surface area contributed by atoms with Crippen LogP contribution in [0.25, 0.3) is 0 Å². The second kappa shape index (κ2) is 13.2. The molecule has 1 saturated heterocycles. The molecule has 1 aromatic carbocycles. The zero-order valence-electron chi connectivity index (χ0n) is 27.9. The van der Waals surface area contributed by atoms with Crippen LogP contribution < -0.4 is 21.7 Å². The Kier molecular flexibility index (Phi) is 9.83. The number of likely N-dealkylation sites (tertiary alicyclic amines) is 1. The highest BCUT2D eigenvalue weighted by Crippen LogP contribution is 2.65. The van der Waals surface area contributed by atoms with E-state index in [1.165, 1.54) is 0 Å². The molecule has 4 fully saturated rings. The predicted molar refractivity (Wildman–Crippen MR) is 178 cm³/mol. The molecular weight excluding hydrogens is 602 g/mol. The van der Waals surface area contributed by atoms with Gasteiger partial charge in [-0.05, 0) is 60.0 Å². The average Bonchev–Trinajstić information content (AvgIpc) is 3.85. The lowest BCUT2D eigenvalue weighted by atomic mass is 9.83. The SMILES string of the molecule is CC(C)(C)[C@H](NC(=O)NC1(CSc2ccccc2)CCCCC1)C(=O)N1C[C@@H]2C(C1C(=O)NC(CC1CC1)C(=O)C(N)=O)C2(C)C. The van der Waals surface area contributed by atoms with Gasteiger partial charge in [-0.3, -0.25) is 19.2 Å². The standard InChI is InChI=1S/C35H51N5O5S/c1-33(2,3)28(38-32(45)39-35(16-10-7-11-17-35)20-46-22-12-8-6-9-13-22)31(44)40-19-23-25(34(23,4)5)26(40)30(43)37-24(18-21-14-15-21)27(41)29(36)42/h6,8-9,12-13,21,23-26,28H,7,10-11,14-20H2,1-5H3,(H2,36,42)(H,37,43)(H2,38,39,45)/t23-,24?,25?,26?,28-/m1/s1. The van der Waals surface area contributed by atoms with Crippen LogP contribution in [0.4, 0.5) is 4.79 Å². The van der Waals surface area contributed by atoms with Gasteiger partial charge in [0.05, 0.1) is 11.6 Å². The maximum atomic E-state index is 14.4. The van der Waals surface area contributed by atoms with Crippen molar-refractivity contribution in [2.24, 2.45) is 34.3 Å². The molecule has 5 atom stereocenters. The van der Waals surface area contributed by atoms with E-state index in [0.29, 0.717) is 13.0 Å². The first kappa shape index (κ1) is 34.3. The molecule has 0 radical (unpaired) electrons. The lowest BCUT2D eigenvalue weighted by Gasteiger charge is -2.40. The van der Waals surface area contributed by atoms with Crippen molar-refractivity contribution in [2.75, 3.05) is 12.3 Å². The van der Waals surface area contributed by atoms with Crippen molar-refractivity contribution < 1.29 is 24.0 Å². The van der Waals surface area contributed by atoms with Crippen molar-refractivity contribution >= 4 is 41.3 Å². The molecule has 0 aromatic heterocycles. The maximum absolute atomic E-state index is 14.4. The highest BCUT2D eigenvalue weighted by Gasteiger charge is 2.70. The number of primary amides is 1. The summed E-state index contributed by atoms with van der Waals surface area (Å²) in [5.41, 5.74) is 4.14. The molecule has 3 unspecified atom stereocenters. The third kappa shape index (κ3) is 7.55. The molecule has 0 bridgehead atoms. The van der Waals surface area contributed by atoms with Crippen LogP contribution in [0.15, 0.2) is 35.2 Å². The fourth-order valence-corrected chi connectivity index (χ4v) is 8.81. The number of rotatable bonds is 12. The first-order valence-corrected chi connectivity index (χ1v) is 17.8. The molecule has 1 aliphatic heterocycles. The summed E-state index contributed by atoms with van der Waals surface area (Å²) in [4.78, 5) is 69.2. The molecule has 4 aliphatic rings. The number of hydrogen-bond donors (Lipinski definition) is 4. The van der Waals surface area contributed by atoms with Gasteiger partial charge in [-0.2, -0.15) is 0 Å². The van der Waals surface area contributed by atoms with Gasteiger partial charge in [0, 0.05) is 17.2 Å². The molecule has 5 amide bonds. The second-order valence-electron chi connectivity index (χ2n) is 15.7. The fraction of sp³-hybridized carbons (Fsp3) is 0.686. The Labute approximate surface area is 277 Å². The van der Waals surface area contributed by atoms with E-state index in [2.05, 4.69) is 41.9 Å². The molecule has 3 aliphatic carbocycles. The number of thioether (sulfide) groups is 1. The van der Waals surface area contributed by atoms with E-state index in [0.717, 1.165) is 55.6 Å². The van der Waals surface area contributed by atoms with Crippen molar-refractivity contribution in [1.82, 2.24) is 20.9 Å². The molecule has 10 nitrogen and oxygen atoms in total. The van der Waals surface area contributed by atoms with Crippen molar-refractivity contribution in [3.63, 3.8) is 0 Å². The maximum Gasteiger partial charge on any atom is 0.315 e. The van der Waals surface area contributed by atoms with E-state index in [4.69, 9.17) is 5.73 Å². The van der Waals surface area contributed by atoms with Crippen LogP contribution in [-0.4, -0.2) is 70.4 Å². The number of carbonyl (C=O) groups excluding carboxylic acids is 5. The first-order valence-electron chi connectivity index (χ1n) is 16.8. The predicted octanol–water partition coefficient (Wildman–Crippen LogP) is 4.02. The highest BCUT2D eigenvalue weighted by molar-refractivity contribution is 7.99. The Morgan fingerprint density at radius 2 is 1.65 bits per heavy atom. The number of nitrogens with one attached hydrogen (secondary N) is 3. The molecule has 5 rings (SSSR count). The van der Waals surface area contributed by atoms with Crippen LogP contribution in [0, 0.1) is 28.6 Å². The number of carbonyl (C=O) groups is 5. The summed E-state index contributed by atoms with van der Waals surface area (Å²) in [6, 6.07) is 7.07. The van der Waals surface area contributed by atoms with Crippen LogP contribution in [-0.2, 0) is 19.2 Å². The van der Waals surface area contributed by atoms with E-state index >= 15 is 0 Å². The number of ketones is 1. The zero-order chi connectivity index (χ0) is 33.4. The Morgan fingerprint density at radius 1 is 1.00 bits per heavy atom. The first-order chi connectivity index (χ1) is 21.6. The van der Waals surface area contributed by atoms with E-state index in [1.54, 1.807) is 16.7 Å².